The van der Waals surface area contributed by atoms with Crippen molar-refractivity contribution in [3.8, 4) is 0 Å². The van der Waals surface area contributed by atoms with Crippen LogP contribution in [0.1, 0.15) is 36.2 Å². The van der Waals surface area contributed by atoms with E-state index in [2.05, 4.69) is 6.92 Å². The summed E-state index contributed by atoms with van der Waals surface area (Å²) < 4.78 is 5.01. The van der Waals surface area contributed by atoms with E-state index in [9.17, 15) is 4.79 Å². The third-order valence-corrected chi connectivity index (χ3v) is 2.04. The van der Waals surface area contributed by atoms with Crippen LogP contribution in [-0.2, 0) is 11.2 Å². The summed E-state index contributed by atoms with van der Waals surface area (Å²) in [5.74, 6) is -0.227. The van der Waals surface area contributed by atoms with Gasteiger partial charge in [0.15, 0.2) is 0 Å². The summed E-state index contributed by atoms with van der Waals surface area (Å²) in [7, 11) is 0. The Morgan fingerprint density at radius 1 is 1.21 bits per heavy atom. The Kier molecular flexibility index (Phi) is 4.17. The molecule has 0 aliphatic carbocycles. The quantitative estimate of drug-likeness (QED) is 0.686. The van der Waals surface area contributed by atoms with Crippen molar-refractivity contribution in [1.29, 1.82) is 0 Å². The molecule has 0 atom stereocenters. The number of hydrogen-bond donors (Lipinski definition) is 0. The molecule has 2 heteroatoms. The minimum Gasteiger partial charge on any atom is -0.462 e. The number of benzene rings is 1. The first-order valence-electron chi connectivity index (χ1n) is 5.04. The van der Waals surface area contributed by atoms with Crippen LogP contribution in [0.3, 0.4) is 0 Å². The van der Waals surface area contributed by atoms with Gasteiger partial charge in [-0.05, 0) is 30.5 Å². The lowest BCUT2D eigenvalue weighted by molar-refractivity contribution is 0.0505. The highest BCUT2D eigenvalue weighted by atomic mass is 16.5. The molecule has 0 fully saturated rings. The van der Waals surface area contributed by atoms with E-state index in [0.29, 0.717) is 12.2 Å². The van der Waals surface area contributed by atoms with Crippen molar-refractivity contribution in [3.63, 3.8) is 0 Å². The van der Waals surface area contributed by atoms with Crippen molar-refractivity contribution in [1.82, 2.24) is 0 Å². The number of carbonyl (C=O) groups is 1. The Hall–Kier alpha value is -1.31. The van der Waals surface area contributed by atoms with E-state index in [-0.39, 0.29) is 5.97 Å². The van der Waals surface area contributed by atoms with E-state index < -0.39 is 0 Å². The van der Waals surface area contributed by atoms with Crippen molar-refractivity contribution in [2.45, 2.75) is 26.7 Å². The number of rotatable bonds is 4. The molecular formula is C12H16O2. The summed E-state index contributed by atoms with van der Waals surface area (Å²) in [6.07, 6.45) is 1.85. The highest BCUT2D eigenvalue weighted by Crippen LogP contribution is 2.06. The number of carbonyl (C=O) groups excluding carboxylic acids is 1. The summed E-state index contributed by atoms with van der Waals surface area (Å²) >= 11 is 0. The van der Waals surface area contributed by atoms with Crippen LogP contribution >= 0.6 is 0 Å². The van der Waals surface area contributed by atoms with E-state index in [4.69, 9.17) is 4.74 Å². The maximum Gasteiger partial charge on any atom is 0.338 e. The average molecular weight is 192 g/mol. The zero-order valence-corrected chi connectivity index (χ0v) is 8.75. The van der Waals surface area contributed by atoms with Crippen LogP contribution in [0, 0.1) is 0 Å². The van der Waals surface area contributed by atoms with Gasteiger partial charge in [0.05, 0.1) is 12.2 Å². The molecule has 0 aromatic heterocycles. The smallest absolute Gasteiger partial charge is 0.338 e. The monoisotopic (exact) mass is 192 g/mol. The van der Waals surface area contributed by atoms with Gasteiger partial charge in [-0.1, -0.05) is 26.0 Å². The second-order valence-electron chi connectivity index (χ2n) is 3.19. The Balaban J connectivity index is 2.62. The molecule has 0 heterocycles. The topological polar surface area (TPSA) is 26.3 Å². The lowest BCUT2D eigenvalue weighted by Gasteiger charge is -2.03. The van der Waals surface area contributed by atoms with Gasteiger partial charge in [-0.25, -0.2) is 4.79 Å². The molecule has 0 bridgehead atoms. The van der Waals surface area contributed by atoms with Gasteiger partial charge >= 0.3 is 5.97 Å². The second-order valence-corrected chi connectivity index (χ2v) is 3.19. The molecule has 14 heavy (non-hydrogen) atoms. The van der Waals surface area contributed by atoms with E-state index in [1.54, 1.807) is 0 Å². The molecule has 1 rings (SSSR count). The van der Waals surface area contributed by atoms with E-state index in [0.717, 1.165) is 12.8 Å². The minimum absolute atomic E-state index is 0.227. The first-order valence-corrected chi connectivity index (χ1v) is 5.04. The first kappa shape index (κ1) is 10.8. The molecule has 1 aromatic rings. The summed E-state index contributed by atoms with van der Waals surface area (Å²) in [6.45, 7) is 4.56. The van der Waals surface area contributed by atoms with E-state index in [1.165, 1.54) is 5.56 Å². The third-order valence-electron chi connectivity index (χ3n) is 2.04. The standard InChI is InChI=1S/C12H16O2/c1-3-9-14-12(13)11-7-5-10(4-2)6-8-11/h5-8H,3-4,9H2,1-2H3. The fraction of sp³-hybridized carbons (Fsp3) is 0.417. The van der Waals surface area contributed by atoms with Crippen LogP contribution in [0.25, 0.3) is 0 Å². The largest absolute Gasteiger partial charge is 0.462 e. The predicted octanol–water partition coefficient (Wildman–Crippen LogP) is 2.82. The third kappa shape index (κ3) is 2.87. The molecule has 76 valence electrons. The zero-order chi connectivity index (χ0) is 10.4. The Bertz CT molecular complexity index is 288. The Morgan fingerprint density at radius 3 is 2.36 bits per heavy atom. The second kappa shape index (κ2) is 5.43. The van der Waals surface area contributed by atoms with Gasteiger partial charge < -0.3 is 4.74 Å². The number of aryl methyl sites for hydroxylation is 1. The van der Waals surface area contributed by atoms with Crippen molar-refractivity contribution < 1.29 is 9.53 Å². The van der Waals surface area contributed by atoms with Crippen LogP contribution in [0.2, 0.25) is 0 Å². The van der Waals surface area contributed by atoms with Gasteiger partial charge in [-0.3, -0.25) is 0 Å². The normalized spacial score (nSPS) is 9.86. The average Bonchev–Trinajstić information content (AvgIpc) is 2.26. The molecule has 0 saturated carbocycles. The molecule has 0 unspecified atom stereocenters. The lowest BCUT2D eigenvalue weighted by Crippen LogP contribution is -2.05. The summed E-state index contributed by atoms with van der Waals surface area (Å²) in [5.41, 5.74) is 1.87. The molecule has 0 spiro atoms. The molecular weight excluding hydrogens is 176 g/mol. The van der Waals surface area contributed by atoms with Crippen molar-refractivity contribution in [3.05, 3.63) is 35.4 Å². The van der Waals surface area contributed by atoms with Gasteiger partial charge in [0.2, 0.25) is 0 Å². The van der Waals surface area contributed by atoms with Crippen molar-refractivity contribution in [2.24, 2.45) is 0 Å². The van der Waals surface area contributed by atoms with Gasteiger partial charge in [0.1, 0.15) is 0 Å². The van der Waals surface area contributed by atoms with Gasteiger partial charge in [-0.2, -0.15) is 0 Å². The molecule has 0 saturated heterocycles. The highest BCUT2D eigenvalue weighted by Gasteiger charge is 2.05. The molecule has 0 N–H and O–H groups in total. The van der Waals surface area contributed by atoms with Crippen LogP contribution in [0.4, 0.5) is 0 Å². The molecule has 0 amide bonds. The Morgan fingerprint density at radius 2 is 1.86 bits per heavy atom. The van der Waals surface area contributed by atoms with Crippen LogP contribution in [0.15, 0.2) is 24.3 Å². The molecule has 0 aliphatic rings. The van der Waals surface area contributed by atoms with Crippen molar-refractivity contribution in [2.75, 3.05) is 6.61 Å². The molecule has 1 aromatic carbocycles. The van der Waals surface area contributed by atoms with Crippen LogP contribution < -0.4 is 0 Å². The van der Waals surface area contributed by atoms with E-state index in [1.807, 2.05) is 31.2 Å². The Labute approximate surface area is 84.9 Å². The van der Waals surface area contributed by atoms with Gasteiger partial charge in [-0.15, -0.1) is 0 Å². The number of ether oxygens (including phenoxy) is 1. The first-order chi connectivity index (χ1) is 6.77. The van der Waals surface area contributed by atoms with Gasteiger partial charge in [0.25, 0.3) is 0 Å². The molecule has 0 radical (unpaired) electrons. The maximum atomic E-state index is 11.4. The molecule has 2 nitrogen and oxygen atoms in total. The zero-order valence-electron chi connectivity index (χ0n) is 8.75. The van der Waals surface area contributed by atoms with E-state index >= 15 is 0 Å². The van der Waals surface area contributed by atoms with Crippen molar-refractivity contribution >= 4 is 5.97 Å². The maximum absolute atomic E-state index is 11.4. The number of esters is 1. The van der Waals surface area contributed by atoms with Crippen LogP contribution in [0.5, 0.6) is 0 Å². The fourth-order valence-corrected chi connectivity index (χ4v) is 1.15. The summed E-state index contributed by atoms with van der Waals surface area (Å²) in [4.78, 5) is 11.4. The van der Waals surface area contributed by atoms with Gasteiger partial charge in [0, 0.05) is 0 Å². The predicted molar refractivity (Wildman–Crippen MR) is 56.4 cm³/mol. The summed E-state index contributed by atoms with van der Waals surface area (Å²) in [6, 6.07) is 7.55. The lowest BCUT2D eigenvalue weighted by atomic mass is 10.1. The SMILES string of the molecule is CCCOC(=O)c1ccc(CC)cc1. The van der Waals surface area contributed by atoms with Crippen LogP contribution in [-0.4, -0.2) is 12.6 Å². The number of hydrogen-bond acceptors (Lipinski definition) is 2. The summed E-state index contributed by atoms with van der Waals surface area (Å²) in [5, 5.41) is 0. The highest BCUT2D eigenvalue weighted by molar-refractivity contribution is 5.89. The fourth-order valence-electron chi connectivity index (χ4n) is 1.15. The minimum atomic E-state index is -0.227. The molecule has 0 aliphatic heterocycles.